The lowest BCUT2D eigenvalue weighted by Gasteiger charge is -2.29. The highest BCUT2D eigenvalue weighted by Crippen LogP contribution is 2.35. The van der Waals surface area contributed by atoms with Crippen LogP contribution in [0.2, 0.25) is 5.02 Å². The molecule has 0 bridgehead atoms. The van der Waals surface area contributed by atoms with Crippen molar-refractivity contribution >= 4 is 24.0 Å². The first-order valence-corrected chi connectivity index (χ1v) is 7.45. The molecule has 2 N–H and O–H groups in total. The Kier molecular flexibility index (Phi) is 5.32. The summed E-state index contributed by atoms with van der Waals surface area (Å²) >= 11 is 6.47. The number of nitrogens with zero attached hydrogens (tertiary/aromatic N) is 1. The largest absolute Gasteiger partial charge is 0.392 e. The number of likely N-dealkylation sites (tertiary alicyclic amines) is 1. The molecule has 3 atom stereocenters. The zero-order chi connectivity index (χ0) is 13.4. The molecular formula is C15H22Cl2N2O. The second kappa shape index (κ2) is 6.63. The molecule has 2 fully saturated rings. The van der Waals surface area contributed by atoms with Crippen LogP contribution in [0.1, 0.15) is 30.0 Å². The highest BCUT2D eigenvalue weighted by Gasteiger charge is 2.37. The number of hydrogen-bond acceptors (Lipinski definition) is 3. The van der Waals surface area contributed by atoms with Crippen LogP contribution in [0.3, 0.4) is 0 Å². The molecule has 3 nitrogen and oxygen atoms in total. The van der Waals surface area contributed by atoms with Crippen molar-refractivity contribution in [1.82, 2.24) is 10.2 Å². The van der Waals surface area contributed by atoms with Gasteiger partial charge in [0.05, 0.1) is 6.10 Å². The molecule has 1 aromatic carbocycles. The molecule has 2 aliphatic rings. The molecule has 2 aliphatic heterocycles. The third kappa shape index (κ3) is 2.97. The molecule has 2 heterocycles. The molecule has 1 aromatic rings. The monoisotopic (exact) mass is 316 g/mol. The first-order valence-electron chi connectivity index (χ1n) is 7.07. The minimum atomic E-state index is -0.158. The molecule has 5 heteroatoms. The zero-order valence-corrected chi connectivity index (χ0v) is 13.3. The smallest absolute Gasteiger partial charge is 0.0679 e. The van der Waals surface area contributed by atoms with E-state index in [4.69, 9.17) is 11.6 Å². The Morgan fingerprint density at radius 1 is 1.35 bits per heavy atom. The van der Waals surface area contributed by atoms with E-state index >= 15 is 0 Å². The van der Waals surface area contributed by atoms with Gasteiger partial charge in [-0.15, -0.1) is 12.4 Å². The van der Waals surface area contributed by atoms with Crippen molar-refractivity contribution in [3.8, 4) is 0 Å². The van der Waals surface area contributed by atoms with Gasteiger partial charge in [-0.25, -0.2) is 0 Å². The zero-order valence-electron chi connectivity index (χ0n) is 11.7. The molecule has 1 unspecified atom stereocenters. The molecule has 0 aromatic heterocycles. The summed E-state index contributed by atoms with van der Waals surface area (Å²) in [5.74, 6) is 0. The quantitative estimate of drug-likeness (QED) is 0.880. The van der Waals surface area contributed by atoms with Crippen LogP contribution < -0.4 is 5.32 Å². The van der Waals surface area contributed by atoms with Gasteiger partial charge < -0.3 is 10.4 Å². The second-order valence-electron chi connectivity index (χ2n) is 5.70. The van der Waals surface area contributed by atoms with E-state index in [-0.39, 0.29) is 24.6 Å². The Morgan fingerprint density at radius 3 is 2.85 bits per heavy atom. The van der Waals surface area contributed by atoms with Gasteiger partial charge >= 0.3 is 0 Å². The third-order valence-electron chi connectivity index (χ3n) is 4.41. The molecule has 0 spiro atoms. The fraction of sp³-hybridized carbons (Fsp3) is 0.600. The van der Waals surface area contributed by atoms with Crippen molar-refractivity contribution < 1.29 is 5.11 Å². The Hall–Kier alpha value is -0.320. The van der Waals surface area contributed by atoms with Crippen molar-refractivity contribution in [3.63, 3.8) is 0 Å². The third-order valence-corrected chi connectivity index (χ3v) is 4.93. The number of aliphatic hydroxyl groups is 1. The summed E-state index contributed by atoms with van der Waals surface area (Å²) in [6.07, 6.45) is 1.86. The summed E-state index contributed by atoms with van der Waals surface area (Å²) < 4.78 is 0. The molecule has 20 heavy (non-hydrogen) atoms. The first-order chi connectivity index (χ1) is 9.16. The highest BCUT2D eigenvalue weighted by molar-refractivity contribution is 6.32. The van der Waals surface area contributed by atoms with Gasteiger partial charge in [0.1, 0.15) is 0 Å². The molecular weight excluding hydrogens is 295 g/mol. The van der Waals surface area contributed by atoms with E-state index in [0.717, 1.165) is 43.1 Å². The first kappa shape index (κ1) is 16.1. The van der Waals surface area contributed by atoms with Crippen LogP contribution in [0, 0.1) is 6.92 Å². The van der Waals surface area contributed by atoms with E-state index in [0.29, 0.717) is 6.04 Å². The fourth-order valence-corrected chi connectivity index (χ4v) is 3.62. The van der Waals surface area contributed by atoms with Crippen LogP contribution in [0.25, 0.3) is 0 Å². The second-order valence-corrected chi connectivity index (χ2v) is 6.08. The summed E-state index contributed by atoms with van der Waals surface area (Å²) in [6.45, 7) is 4.86. The van der Waals surface area contributed by atoms with Gasteiger partial charge in [-0.2, -0.15) is 0 Å². The number of β-amino-alcohol motifs (C(OH)–C–C–N with tert-alkyl or cyclic N) is 1. The summed E-state index contributed by atoms with van der Waals surface area (Å²) in [6, 6.07) is 6.99. The average Bonchev–Trinajstić information content (AvgIpc) is 3.01. The maximum Gasteiger partial charge on any atom is 0.0679 e. The van der Waals surface area contributed by atoms with E-state index < -0.39 is 0 Å². The van der Waals surface area contributed by atoms with Crippen LogP contribution in [-0.2, 0) is 0 Å². The summed E-state index contributed by atoms with van der Waals surface area (Å²) in [5.41, 5.74) is 2.33. The molecule has 112 valence electrons. The number of halogens is 2. The van der Waals surface area contributed by atoms with Crippen molar-refractivity contribution in [2.75, 3.05) is 19.6 Å². The number of hydrogen-bond donors (Lipinski definition) is 2. The van der Waals surface area contributed by atoms with Gasteiger partial charge in [-0.3, -0.25) is 4.90 Å². The lowest BCUT2D eigenvalue weighted by molar-refractivity contribution is 0.153. The number of nitrogens with one attached hydrogen (secondary N) is 1. The van der Waals surface area contributed by atoms with Crippen molar-refractivity contribution in [2.45, 2.75) is 38.0 Å². The maximum atomic E-state index is 9.73. The molecule has 0 radical (unpaired) electrons. The fourth-order valence-electron chi connectivity index (χ4n) is 3.38. The van der Waals surface area contributed by atoms with Gasteiger partial charge in [0.25, 0.3) is 0 Å². The van der Waals surface area contributed by atoms with E-state index in [1.54, 1.807) is 0 Å². The Balaban J connectivity index is 0.00000147. The highest BCUT2D eigenvalue weighted by atomic mass is 35.5. The summed E-state index contributed by atoms with van der Waals surface area (Å²) in [4.78, 5) is 2.41. The van der Waals surface area contributed by atoms with Crippen molar-refractivity contribution in [1.29, 1.82) is 0 Å². The van der Waals surface area contributed by atoms with Gasteiger partial charge in [-0.1, -0.05) is 29.8 Å². The summed E-state index contributed by atoms with van der Waals surface area (Å²) in [7, 11) is 0. The normalized spacial score (nSPS) is 30.4. The van der Waals surface area contributed by atoms with Gasteiger partial charge in [-0.05, 0) is 37.4 Å². The van der Waals surface area contributed by atoms with Gasteiger partial charge in [0, 0.05) is 30.2 Å². The molecule has 2 saturated heterocycles. The predicted octanol–water partition coefficient (Wildman–Crippen LogP) is 2.54. The van der Waals surface area contributed by atoms with Gasteiger partial charge in [0.2, 0.25) is 0 Å². The number of aliphatic hydroxyl groups excluding tert-OH is 1. The van der Waals surface area contributed by atoms with Crippen LogP contribution in [0.5, 0.6) is 0 Å². The van der Waals surface area contributed by atoms with Crippen LogP contribution in [-0.4, -0.2) is 41.8 Å². The van der Waals surface area contributed by atoms with Crippen molar-refractivity contribution in [3.05, 3.63) is 34.3 Å². The van der Waals surface area contributed by atoms with E-state index in [1.165, 1.54) is 5.56 Å². The molecule has 3 rings (SSSR count). The summed E-state index contributed by atoms with van der Waals surface area (Å²) in [5, 5.41) is 14.2. The number of aryl methyl sites for hydroxylation is 1. The van der Waals surface area contributed by atoms with E-state index in [9.17, 15) is 5.11 Å². The minimum Gasteiger partial charge on any atom is -0.392 e. The van der Waals surface area contributed by atoms with Crippen LogP contribution in [0.15, 0.2) is 18.2 Å². The minimum absolute atomic E-state index is 0. The van der Waals surface area contributed by atoms with Crippen LogP contribution >= 0.6 is 24.0 Å². The molecule has 0 amide bonds. The van der Waals surface area contributed by atoms with Crippen molar-refractivity contribution in [2.24, 2.45) is 0 Å². The predicted molar refractivity (Wildman–Crippen MR) is 84.8 cm³/mol. The van der Waals surface area contributed by atoms with Crippen LogP contribution in [0.4, 0.5) is 0 Å². The average molecular weight is 317 g/mol. The molecule has 0 saturated carbocycles. The van der Waals surface area contributed by atoms with Gasteiger partial charge in [0.15, 0.2) is 0 Å². The lowest BCUT2D eigenvalue weighted by Crippen LogP contribution is -2.38. The SMILES string of the molecule is Cc1cccc([C@@H]2NCC[C@@H]2N2CCC(O)C2)c1Cl.Cl. The standard InChI is InChI=1S/C15H21ClN2O.ClH/c1-10-3-2-4-12(14(10)16)15-13(5-7-17-15)18-8-6-11(19)9-18;/h2-4,11,13,15,17,19H,5-9H2,1H3;1H/t11?,13-,15-;/m0./s1. The van der Waals surface area contributed by atoms with E-state index in [2.05, 4.69) is 35.3 Å². The Bertz CT molecular complexity index is 469. The maximum absolute atomic E-state index is 9.73. The number of rotatable bonds is 2. The topological polar surface area (TPSA) is 35.5 Å². The Morgan fingerprint density at radius 2 is 2.15 bits per heavy atom. The van der Waals surface area contributed by atoms with E-state index in [1.807, 2.05) is 0 Å². The lowest BCUT2D eigenvalue weighted by atomic mass is 9.98. The number of benzene rings is 1. The Labute approximate surface area is 131 Å². The molecule has 0 aliphatic carbocycles.